The molecule has 0 spiro atoms. The van der Waals surface area contributed by atoms with Gasteiger partial charge in [0, 0.05) is 12.6 Å². The van der Waals surface area contributed by atoms with Crippen LogP contribution >= 0.6 is 0 Å². The van der Waals surface area contributed by atoms with Crippen LogP contribution in [0.5, 0.6) is 5.75 Å². The highest BCUT2D eigenvalue weighted by atomic mass is 19.4. The number of nitrogens with zero attached hydrogens (tertiary/aromatic N) is 1. The Labute approximate surface area is 141 Å². The standard InChI is InChI=1S/C16H18F4N2O3/c17-12-4-3-10(8-13(12)25-16(18,19)20)15(5-6-15)22(14(23)24)9-11-2-1-7-21-11/h3-4,8,11,21H,1-2,5-7,9H2,(H,23,24)/t11-/m1/s1. The van der Waals surface area contributed by atoms with E-state index < -0.39 is 29.6 Å². The van der Waals surface area contributed by atoms with E-state index in [9.17, 15) is 27.5 Å². The third-order valence-electron chi connectivity index (χ3n) is 4.73. The maximum atomic E-state index is 13.6. The second kappa shape index (κ2) is 6.36. The fraction of sp³-hybridized carbons (Fsp3) is 0.562. The average molecular weight is 362 g/mol. The minimum Gasteiger partial charge on any atom is -0.465 e. The van der Waals surface area contributed by atoms with Crippen LogP contribution in [0.2, 0.25) is 0 Å². The molecule has 0 bridgehead atoms. The van der Waals surface area contributed by atoms with Gasteiger partial charge in [0.25, 0.3) is 0 Å². The molecular weight excluding hydrogens is 344 g/mol. The van der Waals surface area contributed by atoms with Crippen molar-refractivity contribution in [2.24, 2.45) is 0 Å². The van der Waals surface area contributed by atoms with E-state index in [1.807, 2.05) is 0 Å². The zero-order chi connectivity index (χ0) is 18.2. The van der Waals surface area contributed by atoms with Gasteiger partial charge in [-0.1, -0.05) is 6.07 Å². The van der Waals surface area contributed by atoms with Crippen molar-refractivity contribution in [3.8, 4) is 5.75 Å². The number of carboxylic acid groups (broad SMARTS) is 1. The molecule has 1 amide bonds. The Hall–Kier alpha value is -2.03. The van der Waals surface area contributed by atoms with Gasteiger partial charge in [0.2, 0.25) is 0 Å². The average Bonchev–Trinajstić information content (AvgIpc) is 3.14. The van der Waals surface area contributed by atoms with E-state index >= 15 is 0 Å². The summed E-state index contributed by atoms with van der Waals surface area (Å²) in [5.41, 5.74) is -0.610. The Balaban J connectivity index is 1.87. The molecule has 1 aliphatic heterocycles. The normalized spacial score (nSPS) is 21.8. The van der Waals surface area contributed by atoms with Crippen LogP contribution in [0.3, 0.4) is 0 Å². The molecule has 1 heterocycles. The summed E-state index contributed by atoms with van der Waals surface area (Å²) in [6.45, 7) is 1.05. The summed E-state index contributed by atoms with van der Waals surface area (Å²) >= 11 is 0. The number of carbonyl (C=O) groups is 1. The van der Waals surface area contributed by atoms with E-state index in [0.29, 0.717) is 18.4 Å². The summed E-state index contributed by atoms with van der Waals surface area (Å²) in [6, 6.07) is 3.17. The fourth-order valence-corrected chi connectivity index (χ4v) is 3.40. The molecular formula is C16H18F4N2O3. The van der Waals surface area contributed by atoms with E-state index in [2.05, 4.69) is 10.1 Å². The van der Waals surface area contributed by atoms with Crippen LogP contribution < -0.4 is 10.1 Å². The number of halogens is 4. The Bertz CT molecular complexity index is 655. The number of hydrogen-bond acceptors (Lipinski definition) is 3. The van der Waals surface area contributed by atoms with Gasteiger partial charge in [0.05, 0.1) is 5.54 Å². The molecule has 138 valence electrons. The third-order valence-corrected chi connectivity index (χ3v) is 4.73. The number of ether oxygens (including phenoxy) is 1. The van der Waals surface area contributed by atoms with Crippen LogP contribution in [0.1, 0.15) is 31.2 Å². The maximum absolute atomic E-state index is 13.6. The number of rotatable bonds is 5. The van der Waals surface area contributed by atoms with Crippen molar-refractivity contribution in [3.63, 3.8) is 0 Å². The molecule has 1 atom stereocenters. The minimum atomic E-state index is -5.02. The molecule has 1 aliphatic carbocycles. The number of alkyl halides is 3. The monoisotopic (exact) mass is 362 g/mol. The second-order valence-corrected chi connectivity index (χ2v) is 6.41. The van der Waals surface area contributed by atoms with Crippen molar-refractivity contribution in [3.05, 3.63) is 29.6 Å². The molecule has 0 aromatic heterocycles. The molecule has 2 N–H and O–H groups in total. The number of hydrogen-bond donors (Lipinski definition) is 2. The first-order chi connectivity index (χ1) is 11.7. The summed E-state index contributed by atoms with van der Waals surface area (Å²) in [4.78, 5) is 13.0. The third kappa shape index (κ3) is 3.81. The molecule has 2 aliphatic rings. The van der Waals surface area contributed by atoms with Crippen LogP contribution in [0, 0.1) is 5.82 Å². The van der Waals surface area contributed by atoms with E-state index in [1.54, 1.807) is 0 Å². The van der Waals surface area contributed by atoms with E-state index in [4.69, 9.17) is 0 Å². The topological polar surface area (TPSA) is 61.8 Å². The lowest BCUT2D eigenvalue weighted by Crippen LogP contribution is -2.46. The largest absolute Gasteiger partial charge is 0.573 e. The minimum absolute atomic E-state index is 0.0138. The maximum Gasteiger partial charge on any atom is 0.573 e. The summed E-state index contributed by atoms with van der Waals surface area (Å²) in [7, 11) is 0. The summed E-state index contributed by atoms with van der Waals surface area (Å²) in [6.07, 6.45) is -3.42. The zero-order valence-corrected chi connectivity index (χ0v) is 13.3. The lowest BCUT2D eigenvalue weighted by atomic mass is 10.0. The zero-order valence-electron chi connectivity index (χ0n) is 13.3. The van der Waals surface area contributed by atoms with Crippen LogP contribution in [0.25, 0.3) is 0 Å². The van der Waals surface area contributed by atoms with Gasteiger partial charge in [-0.25, -0.2) is 9.18 Å². The van der Waals surface area contributed by atoms with Gasteiger partial charge in [-0.15, -0.1) is 13.2 Å². The molecule has 0 radical (unpaired) electrons. The Morgan fingerprint density at radius 2 is 2.12 bits per heavy atom. The number of amides is 1. The lowest BCUT2D eigenvalue weighted by molar-refractivity contribution is -0.275. The molecule has 5 nitrogen and oxygen atoms in total. The highest BCUT2D eigenvalue weighted by Crippen LogP contribution is 2.52. The Kier molecular flexibility index (Phi) is 4.52. The number of benzene rings is 1. The van der Waals surface area contributed by atoms with Gasteiger partial charge in [0.15, 0.2) is 11.6 Å². The molecule has 3 rings (SSSR count). The van der Waals surface area contributed by atoms with Gasteiger partial charge in [0.1, 0.15) is 0 Å². The SMILES string of the molecule is O=C(O)N(C[C@H]1CCCN1)C1(c2ccc(F)c(OC(F)(F)F)c2)CC1. The number of nitrogens with one attached hydrogen (secondary N) is 1. The molecule has 1 aromatic carbocycles. The smallest absolute Gasteiger partial charge is 0.465 e. The molecule has 1 aromatic rings. The van der Waals surface area contributed by atoms with Crippen LogP contribution in [-0.2, 0) is 5.54 Å². The first-order valence-electron chi connectivity index (χ1n) is 8.01. The fourth-order valence-electron chi connectivity index (χ4n) is 3.40. The van der Waals surface area contributed by atoms with E-state index in [-0.39, 0.29) is 12.6 Å². The predicted octanol–water partition coefficient (Wildman–Crippen LogP) is 3.45. The predicted molar refractivity (Wildman–Crippen MR) is 79.8 cm³/mol. The van der Waals surface area contributed by atoms with E-state index in [1.165, 1.54) is 11.0 Å². The van der Waals surface area contributed by atoms with Crippen molar-refractivity contribution in [1.82, 2.24) is 10.2 Å². The van der Waals surface area contributed by atoms with Gasteiger partial charge >= 0.3 is 12.5 Å². The first-order valence-corrected chi connectivity index (χ1v) is 8.01. The Morgan fingerprint density at radius 1 is 1.40 bits per heavy atom. The molecule has 1 saturated carbocycles. The highest BCUT2D eigenvalue weighted by molar-refractivity contribution is 5.68. The van der Waals surface area contributed by atoms with Gasteiger partial charge in [-0.2, -0.15) is 0 Å². The summed E-state index contributed by atoms with van der Waals surface area (Å²) in [5, 5.41) is 12.8. The highest BCUT2D eigenvalue weighted by Gasteiger charge is 2.52. The van der Waals surface area contributed by atoms with Crippen LogP contribution in [0.15, 0.2) is 18.2 Å². The van der Waals surface area contributed by atoms with Gasteiger partial charge < -0.3 is 15.2 Å². The van der Waals surface area contributed by atoms with Crippen molar-refractivity contribution >= 4 is 6.09 Å². The van der Waals surface area contributed by atoms with Crippen molar-refractivity contribution < 1.29 is 32.2 Å². The lowest BCUT2D eigenvalue weighted by Gasteiger charge is -2.32. The molecule has 1 saturated heterocycles. The van der Waals surface area contributed by atoms with Crippen molar-refractivity contribution in [1.29, 1.82) is 0 Å². The quantitative estimate of drug-likeness (QED) is 0.788. The van der Waals surface area contributed by atoms with Crippen molar-refractivity contribution in [2.45, 2.75) is 43.6 Å². The molecule has 25 heavy (non-hydrogen) atoms. The molecule has 0 unspecified atom stereocenters. The molecule has 9 heteroatoms. The molecule has 2 fully saturated rings. The van der Waals surface area contributed by atoms with Crippen molar-refractivity contribution in [2.75, 3.05) is 13.1 Å². The first kappa shape index (κ1) is 17.8. The second-order valence-electron chi connectivity index (χ2n) is 6.41. The van der Waals surface area contributed by atoms with E-state index in [0.717, 1.165) is 31.5 Å². The van der Waals surface area contributed by atoms with Crippen LogP contribution in [0.4, 0.5) is 22.4 Å². The van der Waals surface area contributed by atoms with Gasteiger partial charge in [-0.3, -0.25) is 4.90 Å². The van der Waals surface area contributed by atoms with Crippen LogP contribution in [-0.4, -0.2) is 41.6 Å². The van der Waals surface area contributed by atoms with Gasteiger partial charge in [-0.05, 0) is 49.9 Å². The summed E-state index contributed by atoms with van der Waals surface area (Å²) < 4.78 is 54.6. The summed E-state index contributed by atoms with van der Waals surface area (Å²) in [5.74, 6) is -2.09. The Morgan fingerprint density at radius 3 is 2.64 bits per heavy atom.